The minimum atomic E-state index is -3.46. The zero-order chi connectivity index (χ0) is 15.2. The van der Waals surface area contributed by atoms with Crippen LogP contribution in [0.3, 0.4) is 0 Å². The number of nitrogens with two attached hydrogens (primary N) is 1. The molecular formula is C13H23N3O3S. The molecule has 4 N–H and O–H groups in total. The van der Waals surface area contributed by atoms with Crippen LogP contribution in [-0.4, -0.2) is 40.8 Å². The second-order valence-corrected chi connectivity index (χ2v) is 6.52. The molecule has 0 saturated carbocycles. The summed E-state index contributed by atoms with van der Waals surface area (Å²) in [6.07, 6.45) is 2.70. The van der Waals surface area contributed by atoms with Crippen molar-refractivity contribution in [2.45, 2.75) is 24.2 Å². The molecule has 6 nitrogen and oxygen atoms in total. The summed E-state index contributed by atoms with van der Waals surface area (Å²) < 4.78 is 25.6. The fourth-order valence-corrected chi connectivity index (χ4v) is 2.69. The van der Waals surface area contributed by atoms with Crippen LogP contribution in [0.15, 0.2) is 23.1 Å². The third-order valence-corrected chi connectivity index (χ3v) is 4.55. The normalized spacial score (nSPS) is 11.6. The molecule has 7 heteroatoms. The second-order valence-electron chi connectivity index (χ2n) is 4.63. The summed E-state index contributed by atoms with van der Waals surface area (Å²) in [6, 6.07) is 4.72. The zero-order valence-electron chi connectivity index (χ0n) is 12.0. The number of rotatable bonds is 8. The van der Waals surface area contributed by atoms with Crippen LogP contribution in [0.2, 0.25) is 0 Å². The first-order chi connectivity index (χ1) is 9.42. The number of nitrogens with zero attached hydrogens (tertiary/aromatic N) is 1. The number of anilines is 2. The fourth-order valence-electron chi connectivity index (χ4n) is 1.92. The van der Waals surface area contributed by atoms with E-state index in [0.717, 1.165) is 31.5 Å². The minimum Gasteiger partial charge on any atom is -0.397 e. The molecule has 1 aromatic carbocycles. The van der Waals surface area contributed by atoms with Crippen molar-refractivity contribution in [1.82, 2.24) is 4.72 Å². The lowest BCUT2D eigenvalue weighted by Crippen LogP contribution is -2.21. The van der Waals surface area contributed by atoms with Crippen molar-refractivity contribution < 1.29 is 13.5 Å². The number of hydrogen-bond acceptors (Lipinski definition) is 5. The van der Waals surface area contributed by atoms with E-state index in [-0.39, 0.29) is 11.5 Å². The first kappa shape index (κ1) is 16.7. The lowest BCUT2D eigenvalue weighted by molar-refractivity contribution is 0.283. The molecule has 0 aliphatic carbocycles. The molecule has 0 radical (unpaired) electrons. The Morgan fingerprint density at radius 3 is 2.55 bits per heavy atom. The number of nitrogen functional groups attached to an aromatic ring is 1. The quantitative estimate of drug-likeness (QED) is 0.487. The van der Waals surface area contributed by atoms with Crippen LogP contribution in [0.1, 0.15) is 19.3 Å². The maximum Gasteiger partial charge on any atom is 0.240 e. The van der Waals surface area contributed by atoms with E-state index >= 15 is 0 Å². The van der Waals surface area contributed by atoms with Gasteiger partial charge in [0.05, 0.1) is 16.3 Å². The highest BCUT2D eigenvalue weighted by Gasteiger charge is 2.14. The summed E-state index contributed by atoms with van der Waals surface area (Å²) >= 11 is 0. The van der Waals surface area contributed by atoms with Gasteiger partial charge in [0.2, 0.25) is 10.0 Å². The maximum atomic E-state index is 11.7. The van der Waals surface area contributed by atoms with Gasteiger partial charge >= 0.3 is 0 Å². The Morgan fingerprint density at radius 2 is 2.00 bits per heavy atom. The standard InChI is InChI=1S/C13H23N3O3S/c1-15-20(18,19)11-6-7-13(12(14)10-11)16(2)8-4-3-5-9-17/h6-7,10,15,17H,3-5,8-9,14H2,1-2H3. The van der Waals surface area contributed by atoms with Crippen molar-refractivity contribution >= 4 is 21.4 Å². The van der Waals surface area contributed by atoms with Crippen LogP contribution in [0, 0.1) is 0 Å². The number of benzene rings is 1. The van der Waals surface area contributed by atoms with Crippen LogP contribution >= 0.6 is 0 Å². The van der Waals surface area contributed by atoms with Gasteiger partial charge in [-0.1, -0.05) is 0 Å². The largest absolute Gasteiger partial charge is 0.397 e. The maximum absolute atomic E-state index is 11.7. The van der Waals surface area contributed by atoms with Gasteiger partial charge in [-0.2, -0.15) is 0 Å². The monoisotopic (exact) mass is 301 g/mol. The SMILES string of the molecule is CNS(=O)(=O)c1ccc(N(C)CCCCCO)c(N)c1. The molecule has 0 aromatic heterocycles. The molecule has 0 atom stereocenters. The molecule has 114 valence electrons. The molecule has 1 rings (SSSR count). The van der Waals surface area contributed by atoms with Crippen LogP contribution in [0.4, 0.5) is 11.4 Å². The smallest absolute Gasteiger partial charge is 0.240 e. The van der Waals surface area contributed by atoms with E-state index in [1.807, 2.05) is 11.9 Å². The van der Waals surface area contributed by atoms with Crippen LogP contribution in [0.5, 0.6) is 0 Å². The third kappa shape index (κ3) is 4.36. The summed E-state index contributed by atoms with van der Waals surface area (Å²) in [6.45, 7) is 1.02. The van der Waals surface area contributed by atoms with Crippen molar-refractivity contribution in [3.63, 3.8) is 0 Å². The molecule has 0 saturated heterocycles. The lowest BCUT2D eigenvalue weighted by atomic mass is 10.2. The summed E-state index contributed by atoms with van der Waals surface area (Å²) in [7, 11) is -0.182. The molecule has 0 unspecified atom stereocenters. The highest BCUT2D eigenvalue weighted by molar-refractivity contribution is 7.89. The Balaban J connectivity index is 2.78. The zero-order valence-corrected chi connectivity index (χ0v) is 12.8. The number of aliphatic hydroxyl groups excluding tert-OH is 1. The van der Waals surface area contributed by atoms with Crippen molar-refractivity contribution in [3.8, 4) is 0 Å². The van der Waals surface area contributed by atoms with Gasteiger partial charge in [-0.25, -0.2) is 13.1 Å². The highest BCUT2D eigenvalue weighted by atomic mass is 32.2. The molecule has 1 aromatic rings. The van der Waals surface area contributed by atoms with E-state index in [4.69, 9.17) is 10.8 Å². The lowest BCUT2D eigenvalue weighted by Gasteiger charge is -2.21. The molecular weight excluding hydrogens is 278 g/mol. The van der Waals surface area contributed by atoms with Crippen molar-refractivity contribution in [2.75, 3.05) is 37.9 Å². The van der Waals surface area contributed by atoms with Gasteiger partial charge in [0, 0.05) is 20.2 Å². The molecule has 20 heavy (non-hydrogen) atoms. The average Bonchev–Trinajstić information content (AvgIpc) is 2.43. The first-order valence-corrected chi connectivity index (χ1v) is 8.05. The van der Waals surface area contributed by atoms with E-state index in [1.54, 1.807) is 12.1 Å². The Hall–Kier alpha value is -1.31. The molecule has 0 aliphatic heterocycles. The topological polar surface area (TPSA) is 95.7 Å². The van der Waals surface area contributed by atoms with Gasteiger partial charge in [-0.05, 0) is 44.5 Å². The number of unbranched alkanes of at least 4 members (excludes halogenated alkanes) is 2. The third-order valence-electron chi connectivity index (χ3n) is 3.14. The highest BCUT2D eigenvalue weighted by Crippen LogP contribution is 2.25. The summed E-state index contributed by atoms with van der Waals surface area (Å²) in [5.74, 6) is 0. The van der Waals surface area contributed by atoms with Crippen LogP contribution < -0.4 is 15.4 Å². The predicted octanol–water partition coefficient (Wildman–Crippen LogP) is 0.776. The number of hydrogen-bond donors (Lipinski definition) is 3. The van der Waals surface area contributed by atoms with E-state index in [9.17, 15) is 8.42 Å². The van der Waals surface area contributed by atoms with Crippen LogP contribution in [-0.2, 0) is 10.0 Å². The number of aliphatic hydroxyl groups is 1. The Morgan fingerprint density at radius 1 is 1.30 bits per heavy atom. The molecule has 0 bridgehead atoms. The van der Waals surface area contributed by atoms with Gasteiger partial charge in [0.25, 0.3) is 0 Å². The summed E-state index contributed by atoms with van der Waals surface area (Å²) in [4.78, 5) is 2.15. The van der Waals surface area contributed by atoms with Crippen molar-refractivity contribution in [3.05, 3.63) is 18.2 Å². The Labute approximate surface area is 120 Å². The summed E-state index contributed by atoms with van der Waals surface area (Å²) in [5.41, 5.74) is 7.18. The number of nitrogens with one attached hydrogen (secondary N) is 1. The summed E-state index contributed by atoms with van der Waals surface area (Å²) in [5, 5.41) is 8.73. The van der Waals surface area contributed by atoms with Gasteiger partial charge < -0.3 is 15.7 Å². The second kappa shape index (κ2) is 7.47. The molecule has 0 spiro atoms. The molecule has 0 fully saturated rings. The first-order valence-electron chi connectivity index (χ1n) is 6.57. The van der Waals surface area contributed by atoms with Gasteiger partial charge in [-0.15, -0.1) is 0 Å². The number of sulfonamides is 1. The molecule has 0 amide bonds. The predicted molar refractivity (Wildman–Crippen MR) is 81.3 cm³/mol. The van der Waals surface area contributed by atoms with Crippen molar-refractivity contribution in [1.29, 1.82) is 0 Å². The molecule has 0 heterocycles. The van der Waals surface area contributed by atoms with Crippen LogP contribution in [0.25, 0.3) is 0 Å². The van der Waals surface area contributed by atoms with E-state index in [0.29, 0.717) is 5.69 Å². The molecule has 0 aliphatic rings. The van der Waals surface area contributed by atoms with Gasteiger partial charge in [0.1, 0.15) is 0 Å². The van der Waals surface area contributed by atoms with E-state index in [1.165, 1.54) is 13.1 Å². The minimum absolute atomic E-state index is 0.162. The Bertz CT molecular complexity index is 532. The van der Waals surface area contributed by atoms with Gasteiger partial charge in [-0.3, -0.25) is 0 Å². The van der Waals surface area contributed by atoms with E-state index < -0.39 is 10.0 Å². The van der Waals surface area contributed by atoms with Crippen molar-refractivity contribution in [2.24, 2.45) is 0 Å². The van der Waals surface area contributed by atoms with Gasteiger partial charge in [0.15, 0.2) is 0 Å². The Kier molecular flexibility index (Phi) is 6.25. The fraction of sp³-hybridized carbons (Fsp3) is 0.538. The average molecular weight is 301 g/mol. The van der Waals surface area contributed by atoms with E-state index in [2.05, 4.69) is 4.72 Å².